The van der Waals surface area contributed by atoms with E-state index >= 15 is 0 Å². The molecule has 0 amide bonds. The summed E-state index contributed by atoms with van der Waals surface area (Å²) in [5.74, 6) is 4.32. The molecule has 0 bridgehead atoms. The molecule has 12 unspecified atom stereocenters. The molecule has 3 aliphatic heterocycles. The van der Waals surface area contributed by atoms with E-state index in [1.54, 1.807) is 0 Å². The summed E-state index contributed by atoms with van der Waals surface area (Å²) in [4.78, 5) is 0. The lowest BCUT2D eigenvalue weighted by atomic mass is 9.84. The van der Waals surface area contributed by atoms with Crippen LogP contribution in [0.25, 0.3) is 0 Å². The standard InChI is InChI=1S/2C9H17IO.C9H18O2/c3*1-6-4-7(2)11-9(5-10)8(6)3/h2*6-9H,4-5H2,1-3H3;6-10H,4-5H2,1-3H3. The van der Waals surface area contributed by atoms with E-state index in [1.165, 1.54) is 12.8 Å². The lowest BCUT2D eigenvalue weighted by molar-refractivity contribution is -0.112. The zero-order chi connectivity index (χ0) is 25.3. The third-order valence-electron chi connectivity index (χ3n) is 8.27. The van der Waals surface area contributed by atoms with Gasteiger partial charge in [-0.25, -0.2) is 0 Å². The lowest BCUT2D eigenvalue weighted by Gasteiger charge is -2.37. The van der Waals surface area contributed by atoms with Crippen molar-refractivity contribution in [2.24, 2.45) is 35.5 Å². The largest absolute Gasteiger partial charge is 0.394 e. The molecule has 4 nitrogen and oxygen atoms in total. The maximum absolute atomic E-state index is 8.97. The summed E-state index contributed by atoms with van der Waals surface area (Å²) in [5.41, 5.74) is 0. The summed E-state index contributed by atoms with van der Waals surface area (Å²) >= 11 is 4.83. The fraction of sp³-hybridized carbons (Fsp3) is 1.00. The van der Waals surface area contributed by atoms with Gasteiger partial charge in [0.2, 0.25) is 0 Å². The Labute approximate surface area is 232 Å². The highest BCUT2D eigenvalue weighted by atomic mass is 127. The van der Waals surface area contributed by atoms with Crippen molar-refractivity contribution >= 4 is 45.2 Å². The predicted octanol–water partition coefficient (Wildman–Crippen LogP) is 7.17. The Morgan fingerprint density at radius 3 is 1.09 bits per heavy atom. The molecule has 3 rings (SSSR count). The Balaban J connectivity index is 0.000000247. The fourth-order valence-electron chi connectivity index (χ4n) is 5.31. The smallest absolute Gasteiger partial charge is 0.0837 e. The summed E-state index contributed by atoms with van der Waals surface area (Å²) in [6.07, 6.45) is 5.90. The fourth-order valence-corrected chi connectivity index (χ4v) is 7.33. The predicted molar refractivity (Wildman–Crippen MR) is 157 cm³/mol. The van der Waals surface area contributed by atoms with Crippen molar-refractivity contribution in [2.45, 2.75) is 118 Å². The summed E-state index contributed by atoms with van der Waals surface area (Å²) in [7, 11) is 0. The number of ether oxygens (including phenoxy) is 3. The Morgan fingerprint density at radius 1 is 0.545 bits per heavy atom. The maximum atomic E-state index is 8.97. The molecule has 3 heterocycles. The highest BCUT2D eigenvalue weighted by Gasteiger charge is 2.32. The summed E-state index contributed by atoms with van der Waals surface area (Å²) in [5, 5.41) is 8.97. The number of hydrogen-bond donors (Lipinski definition) is 1. The number of aliphatic hydroxyl groups excluding tert-OH is 1. The minimum atomic E-state index is 0.0637. The van der Waals surface area contributed by atoms with Crippen LogP contribution in [0.2, 0.25) is 0 Å². The van der Waals surface area contributed by atoms with Crippen molar-refractivity contribution in [1.82, 2.24) is 0 Å². The van der Waals surface area contributed by atoms with Crippen molar-refractivity contribution in [3.8, 4) is 0 Å². The quantitative estimate of drug-likeness (QED) is 0.252. The number of halogens is 2. The molecular formula is C27H52I2O4. The first-order chi connectivity index (χ1) is 15.4. The van der Waals surface area contributed by atoms with Crippen molar-refractivity contribution in [2.75, 3.05) is 15.5 Å². The molecule has 0 aromatic rings. The van der Waals surface area contributed by atoms with Crippen molar-refractivity contribution in [1.29, 1.82) is 0 Å². The average molecular weight is 695 g/mol. The molecule has 1 N–H and O–H groups in total. The van der Waals surface area contributed by atoms with Crippen LogP contribution >= 0.6 is 45.2 Å². The van der Waals surface area contributed by atoms with Crippen LogP contribution in [0.15, 0.2) is 0 Å². The van der Waals surface area contributed by atoms with Crippen LogP contribution in [0.1, 0.15) is 81.6 Å². The van der Waals surface area contributed by atoms with Gasteiger partial charge < -0.3 is 19.3 Å². The number of aliphatic hydroxyl groups is 1. The Hall–Kier alpha value is 1.30. The van der Waals surface area contributed by atoms with E-state index in [1.807, 2.05) is 0 Å². The molecule has 0 aliphatic carbocycles. The zero-order valence-electron chi connectivity index (χ0n) is 22.6. The van der Waals surface area contributed by atoms with E-state index in [2.05, 4.69) is 107 Å². The molecule has 0 saturated carbocycles. The average Bonchev–Trinajstić information content (AvgIpc) is 2.76. The third kappa shape index (κ3) is 10.7. The normalized spacial score (nSPS) is 45.8. The van der Waals surface area contributed by atoms with Gasteiger partial charge >= 0.3 is 0 Å². The van der Waals surface area contributed by atoms with Crippen LogP contribution in [-0.2, 0) is 14.2 Å². The van der Waals surface area contributed by atoms with Crippen molar-refractivity contribution in [3.05, 3.63) is 0 Å². The maximum Gasteiger partial charge on any atom is 0.0837 e. The number of rotatable bonds is 3. The van der Waals surface area contributed by atoms with E-state index in [4.69, 9.17) is 19.3 Å². The highest BCUT2D eigenvalue weighted by molar-refractivity contribution is 14.1. The third-order valence-corrected chi connectivity index (χ3v) is 10.0. The van der Waals surface area contributed by atoms with E-state index in [0.29, 0.717) is 42.4 Å². The molecule has 12 atom stereocenters. The lowest BCUT2D eigenvalue weighted by Crippen LogP contribution is -2.39. The molecule has 6 heteroatoms. The first kappa shape index (κ1) is 32.3. The van der Waals surface area contributed by atoms with Gasteiger partial charge in [-0.1, -0.05) is 86.7 Å². The first-order valence-electron chi connectivity index (χ1n) is 13.1. The van der Waals surface area contributed by atoms with Gasteiger partial charge in [0.15, 0.2) is 0 Å². The van der Waals surface area contributed by atoms with Crippen LogP contribution in [0.5, 0.6) is 0 Å². The van der Waals surface area contributed by atoms with Crippen molar-refractivity contribution < 1.29 is 19.3 Å². The van der Waals surface area contributed by atoms with Gasteiger partial charge in [0.25, 0.3) is 0 Å². The van der Waals surface area contributed by atoms with Gasteiger partial charge in [0.1, 0.15) is 0 Å². The second kappa shape index (κ2) is 16.2. The Kier molecular flexibility index (Phi) is 15.9. The van der Waals surface area contributed by atoms with Crippen LogP contribution in [0, 0.1) is 35.5 Å². The Morgan fingerprint density at radius 2 is 0.818 bits per heavy atom. The molecule has 3 fully saturated rings. The number of alkyl halides is 2. The van der Waals surface area contributed by atoms with E-state index in [9.17, 15) is 0 Å². The molecule has 0 radical (unpaired) electrons. The zero-order valence-corrected chi connectivity index (χ0v) is 26.9. The van der Waals surface area contributed by atoms with Crippen molar-refractivity contribution in [3.63, 3.8) is 0 Å². The first-order valence-corrected chi connectivity index (χ1v) is 16.2. The van der Waals surface area contributed by atoms with Gasteiger partial charge in [-0.05, 0) is 75.5 Å². The molecular weight excluding hydrogens is 642 g/mol. The molecule has 3 saturated heterocycles. The Bertz CT molecular complexity index is 451. The second-order valence-corrected chi connectivity index (χ2v) is 12.9. The van der Waals surface area contributed by atoms with Gasteiger partial charge in [0, 0.05) is 8.86 Å². The molecule has 33 heavy (non-hydrogen) atoms. The topological polar surface area (TPSA) is 47.9 Å². The summed E-state index contributed by atoms with van der Waals surface area (Å²) in [6, 6.07) is 0. The van der Waals surface area contributed by atoms with Gasteiger partial charge in [-0.3, -0.25) is 0 Å². The molecule has 3 aliphatic rings. The highest BCUT2D eigenvalue weighted by Crippen LogP contribution is 2.32. The van der Waals surface area contributed by atoms with Gasteiger partial charge in [-0.2, -0.15) is 0 Å². The van der Waals surface area contributed by atoms with Gasteiger partial charge in [-0.15, -0.1) is 0 Å². The van der Waals surface area contributed by atoms with Crippen LogP contribution in [0.3, 0.4) is 0 Å². The summed E-state index contributed by atoms with van der Waals surface area (Å²) < 4.78 is 19.5. The van der Waals surface area contributed by atoms with Crippen LogP contribution < -0.4 is 0 Å². The van der Waals surface area contributed by atoms with E-state index in [-0.39, 0.29) is 12.7 Å². The summed E-state index contributed by atoms with van der Waals surface area (Å²) in [6.45, 7) is 20.3. The minimum Gasteiger partial charge on any atom is -0.394 e. The van der Waals surface area contributed by atoms with Crippen LogP contribution in [-0.4, -0.2) is 57.2 Å². The molecule has 0 spiro atoms. The molecule has 0 aromatic carbocycles. The SMILES string of the molecule is CC1CC(C)C(C)C(CI)O1.CC1CC(C)C(C)C(CI)O1.CC1CC(C)C(C)C(CO)O1. The van der Waals surface area contributed by atoms with Gasteiger partial charge in [0.05, 0.1) is 43.2 Å². The molecule has 198 valence electrons. The van der Waals surface area contributed by atoms with Crippen LogP contribution in [0.4, 0.5) is 0 Å². The monoisotopic (exact) mass is 694 g/mol. The van der Waals surface area contributed by atoms with E-state index in [0.717, 1.165) is 38.9 Å². The second-order valence-electron chi connectivity index (χ2n) is 11.2. The number of hydrogen-bond acceptors (Lipinski definition) is 4. The minimum absolute atomic E-state index is 0.0637. The molecule has 0 aromatic heterocycles. The van der Waals surface area contributed by atoms with E-state index < -0.39 is 0 Å².